The van der Waals surface area contributed by atoms with Gasteiger partial charge in [0.15, 0.2) is 0 Å². The number of aryl methyl sites for hydroxylation is 1. The zero-order chi connectivity index (χ0) is 14.7. The van der Waals surface area contributed by atoms with E-state index in [0.29, 0.717) is 0 Å². The lowest BCUT2D eigenvalue weighted by Crippen LogP contribution is -2.46. The minimum Gasteiger partial charge on any atom is -0.354 e. The number of anilines is 1. The largest absolute Gasteiger partial charge is 0.354 e. The Kier molecular flexibility index (Phi) is 4.56. The van der Waals surface area contributed by atoms with Crippen molar-refractivity contribution in [3.05, 3.63) is 58.2 Å². The fraction of sp³-hybridized carbons (Fsp3) is 0.353. The molecule has 4 heteroatoms. The molecule has 1 aliphatic heterocycles. The first kappa shape index (κ1) is 14.5. The van der Waals surface area contributed by atoms with E-state index in [4.69, 9.17) is 0 Å². The van der Waals surface area contributed by atoms with Crippen LogP contribution in [0.5, 0.6) is 0 Å². The molecule has 3 rings (SSSR count). The van der Waals surface area contributed by atoms with Crippen molar-refractivity contribution in [2.75, 3.05) is 31.1 Å². The summed E-state index contributed by atoms with van der Waals surface area (Å²) >= 11 is 3.48. The molecular weight excluding hydrogens is 326 g/mol. The molecule has 1 aliphatic rings. The smallest absolute Gasteiger partial charge is 0.131 e. The molecule has 110 valence electrons. The Bertz CT molecular complexity index is 592. The molecule has 0 atom stereocenters. The lowest BCUT2D eigenvalue weighted by atomic mass is 10.2. The Morgan fingerprint density at radius 3 is 2.48 bits per heavy atom. The Morgan fingerprint density at radius 2 is 1.81 bits per heavy atom. The van der Waals surface area contributed by atoms with E-state index >= 15 is 0 Å². The van der Waals surface area contributed by atoms with Gasteiger partial charge in [-0.05, 0) is 40.0 Å². The topological polar surface area (TPSA) is 19.4 Å². The van der Waals surface area contributed by atoms with Gasteiger partial charge in [0.25, 0.3) is 0 Å². The van der Waals surface area contributed by atoms with Crippen LogP contribution in [0, 0.1) is 6.92 Å². The molecule has 1 saturated heterocycles. The van der Waals surface area contributed by atoms with Crippen molar-refractivity contribution >= 4 is 21.7 Å². The van der Waals surface area contributed by atoms with Gasteiger partial charge in [-0.15, -0.1) is 0 Å². The van der Waals surface area contributed by atoms with E-state index < -0.39 is 0 Å². The van der Waals surface area contributed by atoms with Crippen LogP contribution in [0.15, 0.2) is 47.1 Å². The molecule has 0 unspecified atom stereocenters. The molecule has 2 aromatic rings. The molecule has 21 heavy (non-hydrogen) atoms. The summed E-state index contributed by atoms with van der Waals surface area (Å²) in [5.74, 6) is 1.12. The van der Waals surface area contributed by atoms with Gasteiger partial charge in [0, 0.05) is 43.4 Å². The number of pyridine rings is 1. The standard InChI is InChI=1S/C17H20BrN3/c1-14-11-16(18)12-19-17(14)21-9-7-20(8-10-21)13-15-5-3-2-4-6-15/h2-6,11-12H,7-10,13H2,1H3. The molecule has 0 spiro atoms. The SMILES string of the molecule is Cc1cc(Br)cnc1N1CCN(Cc2ccccc2)CC1. The molecule has 1 aromatic heterocycles. The second kappa shape index (κ2) is 6.58. The summed E-state index contributed by atoms with van der Waals surface area (Å²) in [5.41, 5.74) is 2.63. The molecule has 3 nitrogen and oxygen atoms in total. The Morgan fingerprint density at radius 1 is 1.10 bits per heavy atom. The third kappa shape index (κ3) is 3.63. The van der Waals surface area contributed by atoms with E-state index in [-0.39, 0.29) is 0 Å². The Hall–Kier alpha value is -1.39. The maximum absolute atomic E-state index is 4.57. The van der Waals surface area contributed by atoms with Crippen LogP contribution in [0.1, 0.15) is 11.1 Å². The molecule has 0 N–H and O–H groups in total. The van der Waals surface area contributed by atoms with E-state index in [1.165, 1.54) is 11.1 Å². The number of halogens is 1. The molecule has 0 aliphatic carbocycles. The van der Waals surface area contributed by atoms with Gasteiger partial charge in [0.1, 0.15) is 5.82 Å². The van der Waals surface area contributed by atoms with Gasteiger partial charge in [-0.3, -0.25) is 4.90 Å². The van der Waals surface area contributed by atoms with Gasteiger partial charge < -0.3 is 4.90 Å². The number of rotatable bonds is 3. The van der Waals surface area contributed by atoms with Crippen molar-refractivity contribution in [2.24, 2.45) is 0 Å². The van der Waals surface area contributed by atoms with E-state index in [2.05, 4.69) is 74.0 Å². The summed E-state index contributed by atoms with van der Waals surface area (Å²) < 4.78 is 1.05. The summed E-state index contributed by atoms with van der Waals surface area (Å²) in [6.07, 6.45) is 1.89. The number of hydrogen-bond donors (Lipinski definition) is 0. The van der Waals surface area contributed by atoms with Gasteiger partial charge in [-0.25, -0.2) is 4.98 Å². The highest BCUT2D eigenvalue weighted by atomic mass is 79.9. The second-order valence-electron chi connectivity index (χ2n) is 5.54. The van der Waals surface area contributed by atoms with Crippen LogP contribution < -0.4 is 4.90 Å². The number of hydrogen-bond acceptors (Lipinski definition) is 3. The lowest BCUT2D eigenvalue weighted by Gasteiger charge is -2.36. The third-order valence-electron chi connectivity index (χ3n) is 3.94. The van der Waals surface area contributed by atoms with Crippen molar-refractivity contribution in [3.63, 3.8) is 0 Å². The van der Waals surface area contributed by atoms with Crippen molar-refractivity contribution in [1.29, 1.82) is 0 Å². The first-order chi connectivity index (χ1) is 10.2. The van der Waals surface area contributed by atoms with Crippen LogP contribution in [-0.2, 0) is 6.54 Å². The van der Waals surface area contributed by atoms with Crippen LogP contribution in [0.2, 0.25) is 0 Å². The van der Waals surface area contributed by atoms with Crippen molar-refractivity contribution in [3.8, 4) is 0 Å². The minimum atomic E-state index is 1.04. The average molecular weight is 346 g/mol. The van der Waals surface area contributed by atoms with Gasteiger partial charge in [0.05, 0.1) is 0 Å². The fourth-order valence-electron chi connectivity index (χ4n) is 2.82. The first-order valence-corrected chi connectivity index (χ1v) is 8.15. The third-order valence-corrected chi connectivity index (χ3v) is 4.37. The molecule has 1 fully saturated rings. The van der Waals surface area contributed by atoms with E-state index in [9.17, 15) is 0 Å². The monoisotopic (exact) mass is 345 g/mol. The number of nitrogens with zero attached hydrogens (tertiary/aromatic N) is 3. The molecule has 0 saturated carbocycles. The zero-order valence-electron chi connectivity index (χ0n) is 12.3. The second-order valence-corrected chi connectivity index (χ2v) is 6.46. The highest BCUT2D eigenvalue weighted by Gasteiger charge is 2.19. The van der Waals surface area contributed by atoms with Gasteiger partial charge >= 0.3 is 0 Å². The van der Waals surface area contributed by atoms with E-state index in [1.54, 1.807) is 0 Å². The van der Waals surface area contributed by atoms with E-state index in [0.717, 1.165) is 43.0 Å². The van der Waals surface area contributed by atoms with Gasteiger partial charge in [-0.1, -0.05) is 30.3 Å². The highest BCUT2D eigenvalue weighted by Crippen LogP contribution is 2.22. The first-order valence-electron chi connectivity index (χ1n) is 7.36. The van der Waals surface area contributed by atoms with Gasteiger partial charge in [0.2, 0.25) is 0 Å². The van der Waals surface area contributed by atoms with Crippen LogP contribution in [0.3, 0.4) is 0 Å². The van der Waals surface area contributed by atoms with Crippen LogP contribution in [-0.4, -0.2) is 36.1 Å². The van der Waals surface area contributed by atoms with Crippen molar-refractivity contribution < 1.29 is 0 Å². The summed E-state index contributed by atoms with van der Waals surface area (Å²) in [7, 11) is 0. The summed E-state index contributed by atoms with van der Waals surface area (Å²) in [5, 5.41) is 0. The number of piperazine rings is 1. The summed E-state index contributed by atoms with van der Waals surface area (Å²) in [6.45, 7) is 7.44. The normalized spacial score (nSPS) is 16.2. The predicted molar refractivity (Wildman–Crippen MR) is 90.6 cm³/mol. The minimum absolute atomic E-state index is 1.04. The Balaban J connectivity index is 1.60. The van der Waals surface area contributed by atoms with Crippen LogP contribution in [0.4, 0.5) is 5.82 Å². The molecule has 2 heterocycles. The maximum atomic E-state index is 4.57. The van der Waals surface area contributed by atoms with E-state index in [1.807, 2.05) is 6.20 Å². The summed E-state index contributed by atoms with van der Waals surface area (Å²) in [4.78, 5) is 9.48. The molecule has 0 radical (unpaired) electrons. The molecule has 0 amide bonds. The van der Waals surface area contributed by atoms with Crippen LogP contribution >= 0.6 is 15.9 Å². The maximum Gasteiger partial charge on any atom is 0.131 e. The van der Waals surface area contributed by atoms with Crippen LogP contribution in [0.25, 0.3) is 0 Å². The quantitative estimate of drug-likeness (QED) is 0.848. The predicted octanol–water partition coefficient (Wildman–Crippen LogP) is 3.47. The van der Waals surface area contributed by atoms with Gasteiger partial charge in [-0.2, -0.15) is 0 Å². The van der Waals surface area contributed by atoms with Crippen molar-refractivity contribution in [2.45, 2.75) is 13.5 Å². The number of aromatic nitrogens is 1. The lowest BCUT2D eigenvalue weighted by molar-refractivity contribution is 0.249. The number of benzene rings is 1. The molecule has 0 bridgehead atoms. The average Bonchev–Trinajstić information content (AvgIpc) is 2.49. The fourth-order valence-corrected chi connectivity index (χ4v) is 3.27. The Labute approximate surface area is 134 Å². The molecular formula is C17H20BrN3. The van der Waals surface area contributed by atoms with Crippen molar-refractivity contribution in [1.82, 2.24) is 9.88 Å². The highest BCUT2D eigenvalue weighted by molar-refractivity contribution is 9.10. The zero-order valence-corrected chi connectivity index (χ0v) is 13.9. The summed E-state index contributed by atoms with van der Waals surface area (Å²) in [6, 6.07) is 12.8. The molecule has 1 aromatic carbocycles.